The fourth-order valence-electron chi connectivity index (χ4n) is 3.52. The molecule has 0 aliphatic heterocycles. The Hall–Kier alpha value is -3.90. The molecule has 9 nitrogen and oxygen atoms in total. The van der Waals surface area contributed by atoms with Crippen LogP contribution >= 0.6 is 0 Å². The molecule has 3 heterocycles. The molecule has 1 aromatic carbocycles. The fraction of sp³-hybridized carbons (Fsp3) is 0.261. The van der Waals surface area contributed by atoms with Crippen molar-refractivity contribution in [3.8, 4) is 11.3 Å². The summed E-state index contributed by atoms with van der Waals surface area (Å²) < 4.78 is 40.5. The number of fused-ring (bicyclic) bond motifs is 1. The van der Waals surface area contributed by atoms with E-state index in [-0.39, 0.29) is 0 Å². The smallest absolute Gasteiger partial charge is 0.329 e. The first-order valence-electron chi connectivity index (χ1n) is 10.7. The Bertz CT molecular complexity index is 1330. The van der Waals surface area contributed by atoms with Gasteiger partial charge in [0.1, 0.15) is 18.8 Å². The number of alkyl halides is 3. The molecule has 0 aliphatic carbocycles. The van der Waals surface area contributed by atoms with Gasteiger partial charge in [-0.05, 0) is 42.8 Å². The van der Waals surface area contributed by atoms with Crippen LogP contribution in [-0.4, -0.2) is 37.9 Å². The zero-order chi connectivity index (χ0) is 25.0. The zero-order valence-corrected chi connectivity index (χ0v) is 19.1. The largest absolute Gasteiger partial charge is 0.405 e. The lowest BCUT2D eigenvalue weighted by molar-refractivity contribution is -0.122. The van der Waals surface area contributed by atoms with Crippen molar-refractivity contribution < 1.29 is 22.8 Å². The molecule has 0 atom stereocenters. The van der Waals surface area contributed by atoms with Gasteiger partial charge in [0, 0.05) is 31.0 Å². The van der Waals surface area contributed by atoms with Crippen molar-refractivity contribution in [3.05, 3.63) is 71.8 Å². The number of urea groups is 1. The van der Waals surface area contributed by atoms with Crippen LogP contribution in [0.25, 0.3) is 16.9 Å². The summed E-state index contributed by atoms with van der Waals surface area (Å²) in [7, 11) is 1.87. The summed E-state index contributed by atoms with van der Waals surface area (Å²) in [5, 5.41) is 8.47. The summed E-state index contributed by atoms with van der Waals surface area (Å²) in [6, 6.07) is 11.7. The number of nitrogens with zero attached hydrogens (tertiary/aromatic N) is 4. The van der Waals surface area contributed by atoms with E-state index in [2.05, 4.69) is 20.9 Å². The van der Waals surface area contributed by atoms with Crippen LogP contribution in [-0.2, 0) is 25.0 Å². The quantitative estimate of drug-likeness (QED) is 0.258. The number of imidazole rings is 1. The Morgan fingerprint density at radius 2 is 2.00 bits per heavy atom. The maximum atomic E-state index is 12.3. The van der Waals surface area contributed by atoms with Crippen molar-refractivity contribution in [1.82, 2.24) is 30.0 Å². The highest BCUT2D eigenvalue weighted by atomic mass is 19.4. The highest BCUT2D eigenvalue weighted by Crippen LogP contribution is 2.24. The monoisotopic (exact) mass is 487 g/mol. The predicted molar refractivity (Wildman–Crippen MR) is 123 cm³/mol. The SMILES string of the molecule is Cc1cc(CONCc2ccn3c(-c4cccc(NC(=O)NCC(F)(F)F)c4)cnc3c2)n(C)n1. The Balaban J connectivity index is 1.38. The average molecular weight is 487 g/mol. The molecular weight excluding hydrogens is 463 g/mol. The van der Waals surface area contributed by atoms with Gasteiger partial charge >= 0.3 is 12.2 Å². The van der Waals surface area contributed by atoms with E-state index in [0.29, 0.717) is 24.5 Å². The first-order chi connectivity index (χ1) is 16.7. The third-order valence-electron chi connectivity index (χ3n) is 5.14. The summed E-state index contributed by atoms with van der Waals surface area (Å²) in [4.78, 5) is 21.7. The molecule has 0 unspecified atom stereocenters. The molecular formula is C23H24F3N7O2. The minimum absolute atomic E-state index is 0.360. The molecule has 35 heavy (non-hydrogen) atoms. The summed E-state index contributed by atoms with van der Waals surface area (Å²) >= 11 is 0. The molecule has 0 radical (unpaired) electrons. The Morgan fingerprint density at radius 3 is 2.74 bits per heavy atom. The van der Waals surface area contributed by atoms with Crippen molar-refractivity contribution >= 4 is 17.4 Å². The lowest BCUT2D eigenvalue weighted by Gasteiger charge is -2.11. The minimum atomic E-state index is -4.48. The van der Waals surface area contributed by atoms with Gasteiger partial charge in [0.05, 0.1) is 23.3 Å². The number of carbonyl (C=O) groups is 1. The van der Waals surface area contributed by atoms with Crippen LogP contribution < -0.4 is 16.1 Å². The van der Waals surface area contributed by atoms with Crippen molar-refractivity contribution in [1.29, 1.82) is 0 Å². The number of anilines is 1. The van der Waals surface area contributed by atoms with E-state index in [4.69, 9.17) is 4.84 Å². The van der Waals surface area contributed by atoms with Gasteiger partial charge in [0.15, 0.2) is 0 Å². The van der Waals surface area contributed by atoms with Crippen molar-refractivity contribution in [2.75, 3.05) is 11.9 Å². The van der Waals surface area contributed by atoms with Gasteiger partial charge in [0.25, 0.3) is 0 Å². The molecule has 184 valence electrons. The number of pyridine rings is 1. The first-order valence-corrected chi connectivity index (χ1v) is 10.7. The average Bonchev–Trinajstić information content (AvgIpc) is 3.36. The number of hydroxylamine groups is 1. The highest BCUT2D eigenvalue weighted by molar-refractivity contribution is 5.90. The van der Waals surface area contributed by atoms with E-state index in [1.165, 1.54) is 0 Å². The minimum Gasteiger partial charge on any atom is -0.329 e. The standard InChI is InChI=1S/C23H24F3N7O2/c1-15-8-19(32(2)31-15)13-35-29-11-16-6-7-33-20(12-27-21(33)9-16)17-4-3-5-18(10-17)30-22(34)28-14-23(24,25)26/h3-10,12,29H,11,13-14H2,1-2H3,(H2,28,30,34). The second-order valence-corrected chi connectivity index (χ2v) is 7.92. The number of hydrogen-bond acceptors (Lipinski definition) is 5. The number of aromatic nitrogens is 4. The van der Waals surface area contributed by atoms with Crippen molar-refractivity contribution in [2.45, 2.75) is 26.3 Å². The molecule has 0 saturated carbocycles. The maximum Gasteiger partial charge on any atom is 0.405 e. The lowest BCUT2D eigenvalue weighted by atomic mass is 10.1. The van der Waals surface area contributed by atoms with E-state index < -0.39 is 18.8 Å². The molecule has 0 bridgehead atoms. The molecule has 0 saturated heterocycles. The van der Waals surface area contributed by atoms with Gasteiger partial charge in [-0.15, -0.1) is 0 Å². The lowest BCUT2D eigenvalue weighted by Crippen LogP contribution is -2.36. The number of nitrogens with one attached hydrogen (secondary N) is 3. The number of carbonyl (C=O) groups excluding carboxylic acids is 1. The number of halogens is 3. The van der Waals surface area contributed by atoms with Crippen LogP contribution in [0.1, 0.15) is 17.0 Å². The summed E-state index contributed by atoms with van der Waals surface area (Å²) in [6.45, 7) is 1.37. The summed E-state index contributed by atoms with van der Waals surface area (Å²) in [6.07, 6.45) is -0.916. The van der Waals surface area contributed by atoms with Crippen molar-refractivity contribution in [2.24, 2.45) is 7.05 Å². The molecule has 3 aromatic heterocycles. The topological polar surface area (TPSA) is 97.5 Å². The van der Waals surface area contributed by atoms with E-state index in [0.717, 1.165) is 28.2 Å². The Morgan fingerprint density at radius 1 is 1.17 bits per heavy atom. The zero-order valence-electron chi connectivity index (χ0n) is 19.1. The first kappa shape index (κ1) is 24.2. The molecule has 0 fully saturated rings. The van der Waals surface area contributed by atoms with Crippen LogP contribution in [0.15, 0.2) is 54.9 Å². The molecule has 4 rings (SSSR count). The molecule has 12 heteroatoms. The van der Waals surface area contributed by atoms with Gasteiger partial charge in [-0.2, -0.15) is 23.8 Å². The number of hydrogen-bond donors (Lipinski definition) is 3. The van der Waals surface area contributed by atoms with Crippen LogP contribution in [0.4, 0.5) is 23.7 Å². The van der Waals surface area contributed by atoms with Gasteiger partial charge in [-0.3, -0.25) is 13.9 Å². The fourth-order valence-corrected chi connectivity index (χ4v) is 3.52. The van der Waals surface area contributed by atoms with Crippen molar-refractivity contribution in [3.63, 3.8) is 0 Å². The number of aryl methyl sites for hydroxylation is 2. The van der Waals surface area contributed by atoms with Gasteiger partial charge in [0.2, 0.25) is 0 Å². The molecule has 2 amide bonds. The summed E-state index contributed by atoms with van der Waals surface area (Å²) in [5.41, 5.74) is 8.37. The van der Waals surface area contributed by atoms with E-state index in [1.807, 2.05) is 48.8 Å². The second kappa shape index (κ2) is 10.2. The third kappa shape index (κ3) is 6.37. The Kier molecular flexibility index (Phi) is 7.03. The number of benzene rings is 1. The van der Waals surface area contributed by atoms with Crippen LogP contribution in [0.3, 0.4) is 0 Å². The van der Waals surface area contributed by atoms with Gasteiger partial charge in [-0.25, -0.2) is 9.78 Å². The van der Waals surface area contributed by atoms with Gasteiger partial charge in [-0.1, -0.05) is 12.1 Å². The van der Waals surface area contributed by atoms with E-state index in [9.17, 15) is 18.0 Å². The number of rotatable bonds is 8. The van der Waals surface area contributed by atoms with Crippen LogP contribution in [0.5, 0.6) is 0 Å². The molecule has 0 aliphatic rings. The molecule has 3 N–H and O–H groups in total. The van der Waals surface area contributed by atoms with Crippen LogP contribution in [0.2, 0.25) is 0 Å². The van der Waals surface area contributed by atoms with Crippen LogP contribution in [0, 0.1) is 6.92 Å². The molecule has 4 aromatic rings. The predicted octanol–water partition coefficient (Wildman–Crippen LogP) is 3.95. The third-order valence-corrected chi connectivity index (χ3v) is 5.14. The molecule has 0 spiro atoms. The second-order valence-electron chi connectivity index (χ2n) is 7.92. The normalized spacial score (nSPS) is 11.7. The van der Waals surface area contributed by atoms with E-state index in [1.54, 1.807) is 34.4 Å². The highest BCUT2D eigenvalue weighted by Gasteiger charge is 2.27. The van der Waals surface area contributed by atoms with E-state index >= 15 is 0 Å². The Labute approximate surface area is 198 Å². The van der Waals surface area contributed by atoms with Gasteiger partial charge < -0.3 is 10.6 Å². The number of amides is 2. The summed E-state index contributed by atoms with van der Waals surface area (Å²) in [5.74, 6) is 0. The maximum absolute atomic E-state index is 12.3.